The lowest BCUT2D eigenvalue weighted by molar-refractivity contribution is 0.146. The Labute approximate surface area is 216 Å². The van der Waals surface area contributed by atoms with Crippen molar-refractivity contribution in [2.45, 2.75) is 26.3 Å². The molecule has 1 aliphatic rings. The van der Waals surface area contributed by atoms with E-state index >= 15 is 0 Å². The molecule has 5 nitrogen and oxygen atoms in total. The van der Waals surface area contributed by atoms with Crippen LogP contribution < -0.4 is 15.0 Å². The summed E-state index contributed by atoms with van der Waals surface area (Å²) in [6.07, 6.45) is -2.86. The molecule has 0 spiro atoms. The van der Waals surface area contributed by atoms with Crippen LogP contribution in [0, 0.1) is 12.7 Å². The van der Waals surface area contributed by atoms with E-state index in [1.165, 1.54) is 12.1 Å². The highest BCUT2D eigenvalue weighted by Gasteiger charge is 2.22. The van der Waals surface area contributed by atoms with Crippen LogP contribution in [-0.2, 0) is 0 Å². The van der Waals surface area contributed by atoms with Gasteiger partial charge in [0.25, 0.3) is 6.43 Å². The fraction of sp³-hybridized carbons (Fsp3) is 0.400. The third kappa shape index (κ3) is 6.05. The number of aromatic nitrogens is 1. The zero-order valence-electron chi connectivity index (χ0n) is 20.1. The second-order valence-electron chi connectivity index (χ2n) is 8.56. The molecule has 1 N–H and O–H groups in total. The predicted octanol–water partition coefficient (Wildman–Crippen LogP) is 6.40. The number of nitrogens with zero attached hydrogens (tertiary/aromatic N) is 3. The molecule has 3 aromatic rings. The Morgan fingerprint density at radius 3 is 2.31 bits per heavy atom. The van der Waals surface area contributed by atoms with Crippen LogP contribution in [0.1, 0.15) is 36.2 Å². The smallest absolute Gasteiger partial charge is 0.266 e. The molecule has 2 aromatic carbocycles. The molecule has 2 heterocycles. The number of fused-ring (bicyclic) bond motifs is 1. The van der Waals surface area contributed by atoms with Gasteiger partial charge in [0.2, 0.25) is 0 Å². The van der Waals surface area contributed by atoms with Crippen molar-refractivity contribution in [2.75, 3.05) is 50.6 Å². The molecule has 0 radical (unpaired) electrons. The molecule has 35 heavy (non-hydrogen) atoms. The summed E-state index contributed by atoms with van der Waals surface area (Å²) in [6.45, 7) is 7.31. The van der Waals surface area contributed by atoms with Gasteiger partial charge < -0.3 is 19.9 Å². The lowest BCUT2D eigenvalue weighted by Gasteiger charge is -2.35. The van der Waals surface area contributed by atoms with Crippen LogP contribution >= 0.6 is 24.8 Å². The van der Waals surface area contributed by atoms with E-state index in [4.69, 9.17) is 4.74 Å². The number of rotatable bonds is 6. The number of aryl methyl sites for hydroxylation is 1. The van der Waals surface area contributed by atoms with Crippen molar-refractivity contribution in [3.63, 3.8) is 0 Å². The summed E-state index contributed by atoms with van der Waals surface area (Å²) in [5, 5.41) is 4.20. The fourth-order valence-electron chi connectivity index (χ4n) is 4.33. The highest BCUT2D eigenvalue weighted by atomic mass is 35.5. The van der Waals surface area contributed by atoms with Gasteiger partial charge in [-0.15, -0.1) is 24.8 Å². The molecule has 4 rings (SSSR count). The Balaban J connectivity index is 0.00000216. The average Bonchev–Trinajstić information content (AvgIpc) is 2.78. The number of hydrogen-bond donors (Lipinski definition) is 1. The topological polar surface area (TPSA) is 40.6 Å². The average molecular weight is 531 g/mol. The Morgan fingerprint density at radius 1 is 1.03 bits per heavy atom. The van der Waals surface area contributed by atoms with Gasteiger partial charge in [-0.25, -0.2) is 13.2 Å². The number of benzene rings is 2. The Hall–Kier alpha value is -2.42. The summed E-state index contributed by atoms with van der Waals surface area (Å²) in [7, 11) is 3.75. The summed E-state index contributed by atoms with van der Waals surface area (Å²) in [5.41, 5.74) is 2.90. The number of nitrogens with one attached hydrogen (secondary N) is 1. The van der Waals surface area contributed by atoms with Gasteiger partial charge in [0.1, 0.15) is 11.6 Å². The molecule has 10 heteroatoms. The quantitative estimate of drug-likeness (QED) is 0.399. The predicted molar refractivity (Wildman–Crippen MR) is 141 cm³/mol. The van der Waals surface area contributed by atoms with Crippen LogP contribution in [0.3, 0.4) is 0 Å². The van der Waals surface area contributed by atoms with Gasteiger partial charge in [0.15, 0.2) is 0 Å². The van der Waals surface area contributed by atoms with Crippen molar-refractivity contribution in [3.05, 3.63) is 59.0 Å². The van der Waals surface area contributed by atoms with Crippen molar-refractivity contribution < 1.29 is 17.9 Å². The molecule has 0 aliphatic carbocycles. The van der Waals surface area contributed by atoms with Crippen molar-refractivity contribution in [2.24, 2.45) is 0 Å². The van der Waals surface area contributed by atoms with Gasteiger partial charge in [-0.1, -0.05) is 18.2 Å². The van der Waals surface area contributed by atoms with Gasteiger partial charge in [0.05, 0.1) is 29.9 Å². The monoisotopic (exact) mass is 530 g/mol. The van der Waals surface area contributed by atoms with Gasteiger partial charge >= 0.3 is 0 Å². The van der Waals surface area contributed by atoms with Gasteiger partial charge in [-0.2, -0.15) is 0 Å². The van der Waals surface area contributed by atoms with Crippen molar-refractivity contribution in [1.82, 2.24) is 9.88 Å². The summed E-state index contributed by atoms with van der Waals surface area (Å²) in [5.74, 6) is -0.123. The molecule has 1 aromatic heterocycles. The Bertz CT molecular complexity index is 1160. The molecule has 0 amide bonds. The maximum Gasteiger partial charge on any atom is 0.266 e. The molecule has 1 fully saturated rings. The van der Waals surface area contributed by atoms with Crippen LogP contribution in [0.2, 0.25) is 0 Å². The van der Waals surface area contributed by atoms with Gasteiger partial charge in [0, 0.05) is 54.6 Å². The number of anilines is 2. The van der Waals surface area contributed by atoms with E-state index in [0.29, 0.717) is 0 Å². The highest BCUT2D eigenvalue weighted by Crippen LogP contribution is 2.38. The summed E-state index contributed by atoms with van der Waals surface area (Å²) in [4.78, 5) is 9.23. The number of pyridine rings is 1. The van der Waals surface area contributed by atoms with Crippen LogP contribution in [0.4, 0.5) is 24.5 Å². The number of piperazine rings is 1. The summed E-state index contributed by atoms with van der Waals surface area (Å²) >= 11 is 0. The highest BCUT2D eigenvalue weighted by molar-refractivity contribution is 5.96. The van der Waals surface area contributed by atoms with E-state index in [2.05, 4.69) is 27.1 Å². The number of hydrogen-bond acceptors (Lipinski definition) is 5. The largest absolute Gasteiger partial charge is 0.495 e. The molecule has 1 atom stereocenters. The number of likely N-dealkylation sites (N-methyl/N-ethyl adjacent to an activating group) is 1. The molecule has 1 aliphatic heterocycles. The van der Waals surface area contributed by atoms with Crippen LogP contribution in [-0.4, -0.2) is 50.2 Å². The number of ether oxygens (including phenoxy) is 1. The maximum absolute atomic E-state index is 14.7. The summed E-state index contributed by atoms with van der Waals surface area (Å²) in [6, 6.07) is 9.46. The Kier molecular flexibility index (Phi) is 9.89. The molecular formula is C25H31Cl2F3N4O. The van der Waals surface area contributed by atoms with Crippen LogP contribution in [0.15, 0.2) is 36.4 Å². The first-order chi connectivity index (χ1) is 15.8. The minimum absolute atomic E-state index is 0. The van der Waals surface area contributed by atoms with E-state index in [1.54, 1.807) is 14.0 Å². The van der Waals surface area contributed by atoms with Crippen molar-refractivity contribution in [3.8, 4) is 5.75 Å². The standard InChI is InChI=1S/C25H29F3N4O.2ClH/c1-15-12-20(30-16(2)17-6-5-7-18(24(17)26)25(27)28)19-13-22(23(33-4)14-21(19)29-15)32-10-8-31(3)9-11-32;;/h5-7,12-14,16,25H,8-11H2,1-4H3,(H,29,30);2*1H. The molecule has 1 saturated heterocycles. The minimum atomic E-state index is -2.86. The van der Waals surface area contributed by atoms with E-state index in [-0.39, 0.29) is 30.4 Å². The number of alkyl halides is 2. The summed E-state index contributed by atoms with van der Waals surface area (Å²) < 4.78 is 46.8. The maximum atomic E-state index is 14.7. The van der Waals surface area contributed by atoms with Gasteiger partial charge in [-0.05, 0) is 33.0 Å². The minimum Gasteiger partial charge on any atom is -0.495 e. The second-order valence-corrected chi connectivity index (χ2v) is 8.56. The third-order valence-corrected chi connectivity index (χ3v) is 6.21. The first kappa shape index (κ1) is 28.8. The zero-order chi connectivity index (χ0) is 23.7. The molecule has 1 unspecified atom stereocenters. The van der Waals surface area contributed by atoms with E-state index in [1.807, 2.05) is 25.1 Å². The third-order valence-electron chi connectivity index (χ3n) is 6.21. The molecule has 192 valence electrons. The van der Waals surface area contributed by atoms with E-state index < -0.39 is 23.8 Å². The normalized spacial score (nSPS) is 14.9. The molecule has 0 saturated carbocycles. The number of methoxy groups -OCH3 is 1. The Morgan fingerprint density at radius 2 is 1.69 bits per heavy atom. The number of halogens is 5. The SMILES string of the molecule is COc1cc2nc(C)cc(NC(C)c3cccc(C(F)F)c3F)c2cc1N1CCN(C)CC1.Cl.Cl. The first-order valence-electron chi connectivity index (χ1n) is 11.0. The van der Waals surface area contributed by atoms with Crippen LogP contribution in [0.25, 0.3) is 10.9 Å². The molecular weight excluding hydrogens is 500 g/mol. The lowest BCUT2D eigenvalue weighted by atomic mass is 10.0. The zero-order valence-corrected chi connectivity index (χ0v) is 21.8. The van der Waals surface area contributed by atoms with E-state index in [9.17, 15) is 13.2 Å². The van der Waals surface area contributed by atoms with Crippen molar-refractivity contribution >= 4 is 47.1 Å². The lowest BCUT2D eigenvalue weighted by Crippen LogP contribution is -2.44. The van der Waals surface area contributed by atoms with Gasteiger partial charge in [-0.3, -0.25) is 4.98 Å². The second kappa shape index (κ2) is 12.0. The van der Waals surface area contributed by atoms with Crippen LogP contribution in [0.5, 0.6) is 5.75 Å². The molecule has 0 bridgehead atoms. The van der Waals surface area contributed by atoms with Crippen molar-refractivity contribution in [1.29, 1.82) is 0 Å². The first-order valence-corrected chi connectivity index (χ1v) is 11.0. The van der Waals surface area contributed by atoms with E-state index in [0.717, 1.165) is 66.0 Å². The fourth-order valence-corrected chi connectivity index (χ4v) is 4.33.